The zero-order chi connectivity index (χ0) is 22.6. The Bertz CT molecular complexity index is 1180. The van der Waals surface area contributed by atoms with Crippen molar-refractivity contribution in [3.05, 3.63) is 60.0 Å². The van der Waals surface area contributed by atoms with Crippen LogP contribution in [0.1, 0.15) is 59.4 Å². The first-order valence-electron chi connectivity index (χ1n) is 12.0. The van der Waals surface area contributed by atoms with Crippen LogP contribution in [0.15, 0.2) is 48.8 Å². The molecule has 170 valence electrons. The number of hydrogen-bond acceptors (Lipinski definition) is 4. The largest absolute Gasteiger partial charge is 0.351 e. The lowest BCUT2D eigenvalue weighted by atomic mass is 9.49. The van der Waals surface area contributed by atoms with E-state index in [9.17, 15) is 9.59 Å². The van der Waals surface area contributed by atoms with Gasteiger partial charge in [-0.25, -0.2) is 9.50 Å². The number of amides is 2. The lowest BCUT2D eigenvalue weighted by Crippen LogP contribution is -2.51. The van der Waals surface area contributed by atoms with Crippen molar-refractivity contribution >= 4 is 23.1 Å². The number of pyridine rings is 2. The Kier molecular flexibility index (Phi) is 4.75. The highest BCUT2D eigenvalue weighted by molar-refractivity contribution is 6.06. The SMILES string of the molecule is CN(C(=O)c1cc2c(C(=O)NCC34CC5CC(CC(C5)C3)C4)cccn2n1)c1ccccn1. The third-order valence-electron chi connectivity index (χ3n) is 8.05. The van der Waals surface area contributed by atoms with E-state index in [0.29, 0.717) is 16.9 Å². The van der Waals surface area contributed by atoms with Crippen molar-refractivity contribution in [2.75, 3.05) is 18.5 Å². The molecule has 4 fully saturated rings. The van der Waals surface area contributed by atoms with E-state index >= 15 is 0 Å². The van der Waals surface area contributed by atoms with E-state index in [1.807, 2.05) is 12.1 Å². The first-order chi connectivity index (χ1) is 16.0. The number of nitrogens with zero attached hydrogens (tertiary/aromatic N) is 4. The van der Waals surface area contributed by atoms with Crippen LogP contribution in [0.4, 0.5) is 5.82 Å². The fraction of sp³-hybridized carbons (Fsp3) is 0.462. The number of anilines is 1. The summed E-state index contributed by atoms with van der Waals surface area (Å²) in [6, 6.07) is 10.7. The van der Waals surface area contributed by atoms with Gasteiger partial charge in [-0.2, -0.15) is 5.10 Å². The van der Waals surface area contributed by atoms with Crippen LogP contribution in [0.3, 0.4) is 0 Å². The van der Waals surface area contributed by atoms with E-state index in [4.69, 9.17) is 0 Å². The standard InChI is InChI=1S/C26H29N5O2/c1-30(23-6-2-3-7-27-23)25(33)21-12-22-20(5-4-8-31(22)29-21)24(32)28-16-26-13-17-9-18(14-26)11-19(10-17)15-26/h2-8,12,17-19H,9-11,13-16H2,1H3,(H,28,32). The van der Waals surface area contributed by atoms with Crippen LogP contribution in [-0.4, -0.2) is 40.0 Å². The molecule has 3 aromatic rings. The summed E-state index contributed by atoms with van der Waals surface area (Å²) in [7, 11) is 1.67. The van der Waals surface area contributed by atoms with E-state index in [0.717, 1.165) is 24.3 Å². The monoisotopic (exact) mass is 443 g/mol. The molecule has 7 nitrogen and oxygen atoms in total. The van der Waals surface area contributed by atoms with Crippen LogP contribution < -0.4 is 10.2 Å². The van der Waals surface area contributed by atoms with Crippen molar-refractivity contribution in [3.63, 3.8) is 0 Å². The molecule has 33 heavy (non-hydrogen) atoms. The van der Waals surface area contributed by atoms with Gasteiger partial charge in [0.2, 0.25) is 0 Å². The minimum Gasteiger partial charge on any atom is -0.351 e. The molecule has 0 saturated heterocycles. The highest BCUT2D eigenvalue weighted by atomic mass is 16.2. The molecule has 0 atom stereocenters. The van der Waals surface area contributed by atoms with Gasteiger partial charge in [-0.1, -0.05) is 6.07 Å². The Morgan fingerprint density at radius 3 is 2.48 bits per heavy atom. The van der Waals surface area contributed by atoms with Gasteiger partial charge < -0.3 is 5.32 Å². The van der Waals surface area contributed by atoms with Crippen molar-refractivity contribution in [2.45, 2.75) is 38.5 Å². The van der Waals surface area contributed by atoms with Crippen molar-refractivity contribution in [1.82, 2.24) is 19.9 Å². The molecule has 2 amide bonds. The van der Waals surface area contributed by atoms with Crippen molar-refractivity contribution < 1.29 is 9.59 Å². The molecule has 3 heterocycles. The molecular weight excluding hydrogens is 414 g/mol. The Morgan fingerprint density at radius 1 is 1.09 bits per heavy atom. The smallest absolute Gasteiger partial charge is 0.279 e. The molecular formula is C26H29N5O2. The van der Waals surface area contributed by atoms with Crippen LogP contribution in [0.25, 0.3) is 5.52 Å². The second kappa shape index (κ2) is 7.68. The maximum absolute atomic E-state index is 13.2. The van der Waals surface area contributed by atoms with Gasteiger partial charge >= 0.3 is 0 Å². The van der Waals surface area contributed by atoms with Crippen LogP contribution >= 0.6 is 0 Å². The van der Waals surface area contributed by atoms with E-state index in [1.54, 1.807) is 48.2 Å². The summed E-state index contributed by atoms with van der Waals surface area (Å²) in [5.41, 5.74) is 1.75. The number of hydrogen-bond donors (Lipinski definition) is 1. The zero-order valence-electron chi connectivity index (χ0n) is 18.9. The molecule has 3 aromatic heterocycles. The van der Waals surface area contributed by atoms with Crippen LogP contribution in [0, 0.1) is 23.2 Å². The molecule has 0 spiro atoms. The number of carbonyl (C=O) groups is 2. The summed E-state index contributed by atoms with van der Waals surface area (Å²) in [5, 5.41) is 7.68. The van der Waals surface area contributed by atoms with Gasteiger partial charge in [-0.15, -0.1) is 0 Å². The summed E-state index contributed by atoms with van der Waals surface area (Å²) in [4.78, 5) is 31.9. The second-order valence-electron chi connectivity index (χ2n) is 10.4. The summed E-state index contributed by atoms with van der Waals surface area (Å²) >= 11 is 0. The average molecular weight is 444 g/mol. The summed E-state index contributed by atoms with van der Waals surface area (Å²) in [5.74, 6) is 2.77. The topological polar surface area (TPSA) is 79.6 Å². The van der Waals surface area contributed by atoms with Gasteiger partial charge in [-0.05, 0) is 92.0 Å². The van der Waals surface area contributed by atoms with Gasteiger partial charge in [0, 0.05) is 26.0 Å². The summed E-state index contributed by atoms with van der Waals surface area (Å²) < 4.78 is 1.61. The fourth-order valence-corrected chi connectivity index (χ4v) is 7.01. The molecule has 0 aromatic carbocycles. The number of aromatic nitrogens is 3. The highest BCUT2D eigenvalue weighted by Crippen LogP contribution is 2.59. The molecule has 1 N–H and O–H groups in total. The average Bonchev–Trinajstić information content (AvgIpc) is 3.26. The maximum Gasteiger partial charge on any atom is 0.279 e. The molecule has 7 heteroatoms. The maximum atomic E-state index is 13.2. The predicted molar refractivity (Wildman–Crippen MR) is 125 cm³/mol. The second-order valence-corrected chi connectivity index (χ2v) is 10.4. The van der Waals surface area contributed by atoms with Crippen molar-refractivity contribution in [2.24, 2.45) is 23.2 Å². The molecule has 7 rings (SSSR count). The van der Waals surface area contributed by atoms with E-state index in [2.05, 4.69) is 15.4 Å². The molecule has 0 aliphatic heterocycles. The normalized spacial score (nSPS) is 27.6. The van der Waals surface area contributed by atoms with Crippen molar-refractivity contribution in [3.8, 4) is 0 Å². The Hall–Kier alpha value is -3.22. The zero-order valence-corrected chi connectivity index (χ0v) is 18.9. The summed E-state index contributed by atoms with van der Waals surface area (Å²) in [6.07, 6.45) is 11.4. The Morgan fingerprint density at radius 2 is 1.82 bits per heavy atom. The molecule has 0 radical (unpaired) electrons. The van der Waals surface area contributed by atoms with Crippen LogP contribution in [0.2, 0.25) is 0 Å². The minimum absolute atomic E-state index is 0.0895. The first kappa shape index (κ1) is 20.4. The lowest BCUT2D eigenvalue weighted by molar-refractivity contribution is -0.0503. The number of nitrogens with one attached hydrogen (secondary N) is 1. The predicted octanol–water partition coefficient (Wildman–Crippen LogP) is 3.95. The number of fused-ring (bicyclic) bond motifs is 1. The number of rotatable bonds is 5. The van der Waals surface area contributed by atoms with Crippen LogP contribution in [0.5, 0.6) is 0 Å². The van der Waals surface area contributed by atoms with Crippen molar-refractivity contribution in [1.29, 1.82) is 0 Å². The third-order valence-corrected chi connectivity index (χ3v) is 8.05. The Labute approximate surface area is 193 Å². The van der Waals surface area contributed by atoms with E-state index in [1.165, 1.54) is 43.4 Å². The van der Waals surface area contributed by atoms with Gasteiger partial charge in [0.1, 0.15) is 5.82 Å². The molecule has 4 aliphatic rings. The molecule has 4 aliphatic carbocycles. The van der Waals surface area contributed by atoms with Gasteiger partial charge in [-0.3, -0.25) is 14.5 Å². The first-order valence-corrected chi connectivity index (χ1v) is 12.0. The molecule has 0 unspecified atom stereocenters. The fourth-order valence-electron chi connectivity index (χ4n) is 7.01. The summed E-state index contributed by atoms with van der Waals surface area (Å²) in [6.45, 7) is 0.749. The number of carbonyl (C=O) groups excluding carboxylic acids is 2. The molecule has 4 bridgehead atoms. The lowest BCUT2D eigenvalue weighted by Gasteiger charge is -2.56. The van der Waals surface area contributed by atoms with E-state index in [-0.39, 0.29) is 22.9 Å². The Balaban J connectivity index is 1.21. The minimum atomic E-state index is -0.266. The van der Waals surface area contributed by atoms with Crippen LogP contribution in [-0.2, 0) is 0 Å². The quantitative estimate of drug-likeness (QED) is 0.648. The highest BCUT2D eigenvalue weighted by Gasteiger charge is 2.50. The van der Waals surface area contributed by atoms with Gasteiger partial charge in [0.15, 0.2) is 5.69 Å². The van der Waals surface area contributed by atoms with Gasteiger partial charge in [0.25, 0.3) is 11.8 Å². The third kappa shape index (κ3) is 3.59. The molecule has 4 saturated carbocycles. The van der Waals surface area contributed by atoms with Gasteiger partial charge in [0.05, 0.1) is 11.1 Å². The van der Waals surface area contributed by atoms with E-state index < -0.39 is 0 Å².